The molecular formula is C7H16O5. The highest BCUT2D eigenvalue weighted by Crippen LogP contribution is 1.97. The zero-order valence-corrected chi connectivity index (χ0v) is 6.89. The lowest BCUT2D eigenvalue weighted by Crippen LogP contribution is -2.25. The van der Waals surface area contributed by atoms with E-state index in [0.717, 1.165) is 0 Å². The summed E-state index contributed by atoms with van der Waals surface area (Å²) in [5.41, 5.74) is 0. The molecule has 5 heteroatoms. The van der Waals surface area contributed by atoms with Crippen LogP contribution in [0.3, 0.4) is 0 Å². The first-order chi connectivity index (χ1) is 5.70. The molecule has 0 rings (SSSR count). The first-order valence-corrected chi connectivity index (χ1v) is 3.86. The van der Waals surface area contributed by atoms with Gasteiger partial charge in [-0.1, -0.05) is 0 Å². The number of ether oxygens (including phenoxy) is 1. The molecule has 5 nitrogen and oxygen atoms in total. The lowest BCUT2D eigenvalue weighted by Gasteiger charge is -2.13. The Morgan fingerprint density at radius 3 is 2.25 bits per heavy atom. The van der Waals surface area contributed by atoms with Gasteiger partial charge in [0.05, 0.1) is 38.6 Å². The van der Waals surface area contributed by atoms with E-state index in [1.807, 2.05) is 0 Å². The molecule has 0 aliphatic rings. The summed E-state index contributed by atoms with van der Waals surface area (Å²) < 4.78 is 4.80. The number of aliphatic hydroxyl groups is 4. The molecule has 0 aliphatic carbocycles. The molecule has 0 radical (unpaired) electrons. The standard InChI is InChI=1S/C7H16O5/c8-1-2-12-5-7(11)3-6(10)4-9/h6-11H,1-5H2. The van der Waals surface area contributed by atoms with Crippen LogP contribution in [0.15, 0.2) is 0 Å². The maximum atomic E-state index is 9.10. The van der Waals surface area contributed by atoms with Gasteiger partial charge in [0.15, 0.2) is 0 Å². The van der Waals surface area contributed by atoms with E-state index in [1.54, 1.807) is 0 Å². The molecule has 0 aromatic rings. The topological polar surface area (TPSA) is 90.2 Å². The van der Waals surface area contributed by atoms with E-state index < -0.39 is 12.2 Å². The van der Waals surface area contributed by atoms with Gasteiger partial charge in [-0.15, -0.1) is 0 Å². The van der Waals surface area contributed by atoms with Crippen LogP contribution in [0.25, 0.3) is 0 Å². The summed E-state index contributed by atoms with van der Waals surface area (Å²) in [5, 5.41) is 34.7. The molecule has 0 saturated carbocycles. The zero-order valence-electron chi connectivity index (χ0n) is 6.89. The van der Waals surface area contributed by atoms with Gasteiger partial charge in [0.2, 0.25) is 0 Å². The van der Waals surface area contributed by atoms with Gasteiger partial charge < -0.3 is 25.2 Å². The smallest absolute Gasteiger partial charge is 0.0799 e. The van der Waals surface area contributed by atoms with Crippen LogP contribution < -0.4 is 0 Å². The summed E-state index contributed by atoms with van der Waals surface area (Å²) >= 11 is 0. The molecule has 12 heavy (non-hydrogen) atoms. The Hall–Kier alpha value is -0.200. The lowest BCUT2D eigenvalue weighted by atomic mass is 10.2. The van der Waals surface area contributed by atoms with Crippen LogP contribution in [0.4, 0.5) is 0 Å². The van der Waals surface area contributed by atoms with E-state index in [4.69, 9.17) is 25.2 Å². The fraction of sp³-hybridized carbons (Fsp3) is 1.00. The second kappa shape index (κ2) is 7.45. The first kappa shape index (κ1) is 11.8. The van der Waals surface area contributed by atoms with Crippen molar-refractivity contribution in [2.75, 3.05) is 26.4 Å². The minimum Gasteiger partial charge on any atom is -0.394 e. The fourth-order valence-corrected chi connectivity index (χ4v) is 0.741. The van der Waals surface area contributed by atoms with Crippen LogP contribution in [0.5, 0.6) is 0 Å². The fourth-order valence-electron chi connectivity index (χ4n) is 0.741. The van der Waals surface area contributed by atoms with E-state index >= 15 is 0 Å². The maximum Gasteiger partial charge on any atom is 0.0799 e. The number of hydrogen-bond donors (Lipinski definition) is 4. The normalized spacial score (nSPS) is 16.0. The van der Waals surface area contributed by atoms with Crippen LogP contribution in [0.2, 0.25) is 0 Å². The van der Waals surface area contributed by atoms with Crippen molar-refractivity contribution in [1.82, 2.24) is 0 Å². The molecular weight excluding hydrogens is 164 g/mol. The van der Waals surface area contributed by atoms with Crippen molar-refractivity contribution in [3.8, 4) is 0 Å². The number of aliphatic hydroxyl groups excluding tert-OH is 4. The molecule has 4 N–H and O–H groups in total. The third-order valence-electron chi connectivity index (χ3n) is 1.30. The predicted octanol–water partition coefficient (Wildman–Crippen LogP) is -1.90. The molecule has 74 valence electrons. The van der Waals surface area contributed by atoms with E-state index in [2.05, 4.69) is 0 Å². The number of hydrogen-bond acceptors (Lipinski definition) is 5. The van der Waals surface area contributed by atoms with Gasteiger partial charge in [-0.2, -0.15) is 0 Å². The van der Waals surface area contributed by atoms with Crippen LogP contribution in [-0.2, 0) is 4.74 Å². The summed E-state index contributed by atoms with van der Waals surface area (Å²) in [5.74, 6) is 0. The van der Waals surface area contributed by atoms with Crippen molar-refractivity contribution < 1.29 is 25.2 Å². The average Bonchev–Trinajstić information content (AvgIpc) is 2.05. The van der Waals surface area contributed by atoms with Crippen molar-refractivity contribution in [3.05, 3.63) is 0 Å². The molecule has 0 fully saturated rings. The van der Waals surface area contributed by atoms with Gasteiger partial charge in [-0.05, 0) is 0 Å². The molecule has 2 atom stereocenters. The van der Waals surface area contributed by atoms with Crippen molar-refractivity contribution >= 4 is 0 Å². The Labute approximate surface area is 71.2 Å². The summed E-state index contributed by atoms with van der Waals surface area (Å²) in [7, 11) is 0. The second-order valence-electron chi connectivity index (χ2n) is 2.52. The minimum atomic E-state index is -0.905. The van der Waals surface area contributed by atoms with E-state index in [-0.39, 0.29) is 32.8 Å². The molecule has 0 bridgehead atoms. The Morgan fingerprint density at radius 2 is 1.75 bits per heavy atom. The highest BCUT2D eigenvalue weighted by Gasteiger charge is 2.10. The van der Waals surface area contributed by atoms with Gasteiger partial charge in [-0.25, -0.2) is 0 Å². The van der Waals surface area contributed by atoms with E-state index in [9.17, 15) is 0 Å². The molecule has 0 heterocycles. The summed E-state index contributed by atoms with van der Waals surface area (Å²) in [6.07, 6.45) is -1.61. The van der Waals surface area contributed by atoms with Crippen LogP contribution >= 0.6 is 0 Å². The third kappa shape index (κ3) is 6.51. The maximum absolute atomic E-state index is 9.10. The summed E-state index contributed by atoms with van der Waals surface area (Å²) in [6.45, 7) is -0.212. The van der Waals surface area contributed by atoms with Gasteiger partial charge in [0, 0.05) is 6.42 Å². The SMILES string of the molecule is OCCOCC(O)CC(O)CO. The third-order valence-corrected chi connectivity index (χ3v) is 1.30. The Balaban J connectivity index is 3.26. The molecule has 2 unspecified atom stereocenters. The second-order valence-corrected chi connectivity index (χ2v) is 2.52. The van der Waals surface area contributed by atoms with E-state index in [1.165, 1.54) is 0 Å². The highest BCUT2D eigenvalue weighted by molar-refractivity contribution is 4.61. The quantitative estimate of drug-likeness (QED) is 0.344. The zero-order chi connectivity index (χ0) is 9.40. The monoisotopic (exact) mass is 180 g/mol. The molecule has 0 aliphatic heterocycles. The largest absolute Gasteiger partial charge is 0.394 e. The first-order valence-electron chi connectivity index (χ1n) is 3.86. The molecule has 0 amide bonds. The Kier molecular flexibility index (Phi) is 7.33. The molecule has 0 aromatic heterocycles. The Bertz CT molecular complexity index is 97.8. The van der Waals surface area contributed by atoms with Gasteiger partial charge in [-0.3, -0.25) is 0 Å². The van der Waals surface area contributed by atoms with Crippen molar-refractivity contribution in [1.29, 1.82) is 0 Å². The van der Waals surface area contributed by atoms with Crippen molar-refractivity contribution in [2.24, 2.45) is 0 Å². The van der Waals surface area contributed by atoms with Crippen molar-refractivity contribution in [2.45, 2.75) is 18.6 Å². The Morgan fingerprint density at radius 1 is 1.08 bits per heavy atom. The average molecular weight is 180 g/mol. The van der Waals surface area contributed by atoms with Crippen LogP contribution in [-0.4, -0.2) is 59.1 Å². The highest BCUT2D eigenvalue weighted by atomic mass is 16.5. The van der Waals surface area contributed by atoms with Crippen molar-refractivity contribution in [3.63, 3.8) is 0 Å². The van der Waals surface area contributed by atoms with Crippen LogP contribution in [0, 0.1) is 0 Å². The van der Waals surface area contributed by atoms with Gasteiger partial charge in [0.1, 0.15) is 0 Å². The summed E-state index contributed by atoms with van der Waals surface area (Å²) in [4.78, 5) is 0. The minimum absolute atomic E-state index is 0.0671. The van der Waals surface area contributed by atoms with E-state index in [0.29, 0.717) is 0 Å². The molecule has 0 saturated heterocycles. The molecule has 0 spiro atoms. The lowest BCUT2D eigenvalue weighted by molar-refractivity contribution is -0.0129. The van der Waals surface area contributed by atoms with Crippen LogP contribution in [0.1, 0.15) is 6.42 Å². The summed E-state index contributed by atoms with van der Waals surface area (Å²) in [6, 6.07) is 0. The number of rotatable bonds is 7. The molecule has 0 aromatic carbocycles. The predicted molar refractivity (Wildman–Crippen MR) is 41.6 cm³/mol. The van der Waals surface area contributed by atoms with Gasteiger partial charge in [0.25, 0.3) is 0 Å². The van der Waals surface area contributed by atoms with Gasteiger partial charge >= 0.3 is 0 Å².